The van der Waals surface area contributed by atoms with Crippen LogP contribution in [0.2, 0.25) is 0 Å². The molecule has 6 heteroatoms. The first-order chi connectivity index (χ1) is 34.5. The van der Waals surface area contributed by atoms with E-state index in [9.17, 15) is 19.8 Å². The Morgan fingerprint density at radius 1 is 0.343 bits per heavy atom. The maximum Gasteiger partial charge on any atom is 0.305 e. The van der Waals surface area contributed by atoms with Crippen LogP contribution in [0.4, 0.5) is 0 Å². The highest BCUT2D eigenvalue weighted by atomic mass is 16.5. The molecule has 3 N–H and O–H groups in total. The number of aliphatic hydroxyl groups is 2. The van der Waals surface area contributed by atoms with Gasteiger partial charge in [0.05, 0.1) is 25.4 Å². The van der Waals surface area contributed by atoms with Gasteiger partial charge in [0.25, 0.3) is 0 Å². The van der Waals surface area contributed by atoms with Crippen LogP contribution < -0.4 is 5.32 Å². The molecule has 0 radical (unpaired) electrons. The fourth-order valence-corrected chi connectivity index (χ4v) is 10.5. The zero-order valence-corrected chi connectivity index (χ0v) is 47.8. The molecule has 0 aliphatic rings. The van der Waals surface area contributed by atoms with Gasteiger partial charge in [-0.2, -0.15) is 0 Å². The van der Waals surface area contributed by atoms with Gasteiger partial charge in [-0.25, -0.2) is 0 Å². The Morgan fingerprint density at radius 2 is 0.586 bits per heavy atom. The lowest BCUT2D eigenvalue weighted by molar-refractivity contribution is -0.143. The van der Waals surface area contributed by atoms with Crippen LogP contribution in [0.25, 0.3) is 0 Å². The summed E-state index contributed by atoms with van der Waals surface area (Å²) in [5.41, 5.74) is 0. The lowest BCUT2D eigenvalue weighted by Crippen LogP contribution is -2.45. The molecule has 1 amide bonds. The van der Waals surface area contributed by atoms with Crippen LogP contribution in [0.3, 0.4) is 0 Å². The summed E-state index contributed by atoms with van der Waals surface area (Å²) in [4.78, 5) is 24.6. The summed E-state index contributed by atoms with van der Waals surface area (Å²) in [7, 11) is 0. The molecule has 0 bridgehead atoms. The summed E-state index contributed by atoms with van der Waals surface area (Å²) in [6.45, 7) is 4.97. The molecule has 0 rings (SSSR count). The minimum absolute atomic E-state index is 0.00296. The van der Waals surface area contributed by atoms with Crippen molar-refractivity contribution in [1.82, 2.24) is 5.32 Å². The van der Waals surface area contributed by atoms with Crippen molar-refractivity contribution in [3.8, 4) is 0 Å². The highest BCUT2D eigenvalue weighted by Crippen LogP contribution is 2.19. The number of carbonyl (C=O) groups excluding carboxylic acids is 2. The van der Waals surface area contributed by atoms with Crippen LogP contribution in [-0.4, -0.2) is 47.4 Å². The monoisotopic (exact) mass is 990 g/mol. The Labute approximate surface area is 438 Å². The van der Waals surface area contributed by atoms with Crippen LogP contribution in [0.1, 0.15) is 373 Å². The van der Waals surface area contributed by atoms with E-state index in [1.165, 1.54) is 283 Å². The average molecular weight is 991 g/mol. The van der Waals surface area contributed by atoms with Crippen molar-refractivity contribution >= 4 is 11.9 Å². The smallest absolute Gasteiger partial charge is 0.305 e. The number of unbranched alkanes of at least 4 members (excludes halogenated alkanes) is 50. The van der Waals surface area contributed by atoms with Crippen molar-refractivity contribution in [2.24, 2.45) is 0 Å². The topological polar surface area (TPSA) is 95.9 Å². The van der Waals surface area contributed by atoms with Crippen LogP contribution in [0.5, 0.6) is 0 Å². The van der Waals surface area contributed by atoms with E-state index in [0.717, 1.165) is 57.8 Å². The number of esters is 1. The summed E-state index contributed by atoms with van der Waals surface area (Å²) in [5.74, 6) is -0.0479. The van der Waals surface area contributed by atoms with Crippen LogP contribution >= 0.6 is 0 Å². The number of ether oxygens (including phenoxy) is 1. The molecular weight excluding hydrogens is 863 g/mol. The molecular formula is C64H127NO5. The SMILES string of the molecule is CCCCCCCCCCCCCCCCCCCCCCCCCC(O)C(CO)NC(=O)CCCCCCCCCCCCCCOC(=O)CCCCCCCCCCCCCCCCCCCC. The number of rotatable bonds is 61. The lowest BCUT2D eigenvalue weighted by atomic mass is 10.0. The third-order valence-corrected chi connectivity index (χ3v) is 15.4. The van der Waals surface area contributed by atoms with Crippen molar-refractivity contribution in [2.45, 2.75) is 386 Å². The summed E-state index contributed by atoms with van der Waals surface area (Å²) in [6, 6.07) is -0.553. The maximum atomic E-state index is 12.5. The predicted molar refractivity (Wildman–Crippen MR) is 306 cm³/mol. The number of nitrogens with one attached hydrogen (secondary N) is 1. The Bertz CT molecular complexity index is 1010. The van der Waals surface area contributed by atoms with E-state index in [0.29, 0.717) is 25.9 Å². The molecule has 70 heavy (non-hydrogen) atoms. The molecule has 2 atom stereocenters. The van der Waals surface area contributed by atoms with Crippen molar-refractivity contribution < 1.29 is 24.5 Å². The number of amides is 1. The van der Waals surface area contributed by atoms with Gasteiger partial charge in [-0.1, -0.05) is 335 Å². The van der Waals surface area contributed by atoms with Gasteiger partial charge >= 0.3 is 5.97 Å². The zero-order valence-electron chi connectivity index (χ0n) is 47.8. The first-order valence-corrected chi connectivity index (χ1v) is 32.3. The van der Waals surface area contributed by atoms with Gasteiger partial charge in [-0.15, -0.1) is 0 Å². The van der Waals surface area contributed by atoms with Crippen LogP contribution in [0, 0.1) is 0 Å². The molecule has 0 aromatic rings. The number of hydrogen-bond acceptors (Lipinski definition) is 5. The first kappa shape index (κ1) is 68.9. The molecule has 0 saturated heterocycles. The predicted octanol–water partition coefficient (Wildman–Crippen LogP) is 20.3. The van der Waals surface area contributed by atoms with Gasteiger partial charge in [-0.05, 0) is 25.7 Å². The van der Waals surface area contributed by atoms with Crippen LogP contribution in [0.15, 0.2) is 0 Å². The van der Waals surface area contributed by atoms with E-state index >= 15 is 0 Å². The summed E-state index contributed by atoms with van der Waals surface area (Å²) < 4.78 is 5.49. The molecule has 0 spiro atoms. The Hall–Kier alpha value is -1.14. The van der Waals surface area contributed by atoms with Crippen LogP contribution in [-0.2, 0) is 14.3 Å². The van der Waals surface area contributed by atoms with Crippen molar-refractivity contribution in [2.75, 3.05) is 13.2 Å². The molecule has 0 aliphatic heterocycles. The fraction of sp³-hybridized carbons (Fsp3) is 0.969. The van der Waals surface area contributed by atoms with Gasteiger partial charge in [0.15, 0.2) is 0 Å². The first-order valence-electron chi connectivity index (χ1n) is 32.3. The maximum absolute atomic E-state index is 12.5. The molecule has 418 valence electrons. The minimum Gasteiger partial charge on any atom is -0.466 e. The normalized spacial score (nSPS) is 12.5. The summed E-state index contributed by atoms with van der Waals surface area (Å²) in [5, 5.41) is 23.4. The van der Waals surface area contributed by atoms with Gasteiger partial charge in [-0.3, -0.25) is 9.59 Å². The van der Waals surface area contributed by atoms with Gasteiger partial charge in [0, 0.05) is 12.8 Å². The van der Waals surface area contributed by atoms with E-state index in [4.69, 9.17) is 4.74 Å². The molecule has 0 aromatic carbocycles. The molecule has 0 saturated carbocycles. The Balaban J connectivity index is 3.41. The Kier molecular flexibility index (Phi) is 59.4. The summed E-state index contributed by atoms with van der Waals surface area (Å²) >= 11 is 0. The van der Waals surface area contributed by atoms with E-state index in [-0.39, 0.29) is 18.5 Å². The standard InChI is InChI=1S/C64H127NO5/c1-3-5-7-9-11-13-15-17-19-21-23-24-25-26-27-28-30-32-36-40-44-48-52-56-62(67)61(60-66)65-63(68)57-53-49-45-41-37-34-35-39-43-47-51-55-59-70-64(69)58-54-50-46-42-38-33-31-29-22-20-18-16-14-12-10-8-6-4-2/h61-62,66-67H,3-60H2,1-2H3,(H,65,68). The highest BCUT2D eigenvalue weighted by Gasteiger charge is 2.20. The third kappa shape index (κ3) is 56.2. The third-order valence-electron chi connectivity index (χ3n) is 15.4. The largest absolute Gasteiger partial charge is 0.466 e. The number of carbonyl (C=O) groups is 2. The highest BCUT2D eigenvalue weighted by molar-refractivity contribution is 5.76. The van der Waals surface area contributed by atoms with Gasteiger partial charge in [0.2, 0.25) is 5.91 Å². The number of aliphatic hydroxyl groups excluding tert-OH is 2. The minimum atomic E-state index is -0.674. The van der Waals surface area contributed by atoms with Gasteiger partial charge in [0.1, 0.15) is 0 Å². The molecule has 2 unspecified atom stereocenters. The fourth-order valence-electron chi connectivity index (χ4n) is 10.5. The summed E-state index contributed by atoms with van der Waals surface area (Å²) in [6.07, 6.45) is 71.1. The lowest BCUT2D eigenvalue weighted by Gasteiger charge is -2.22. The second kappa shape index (κ2) is 60.4. The van der Waals surface area contributed by atoms with Crippen molar-refractivity contribution in [3.05, 3.63) is 0 Å². The van der Waals surface area contributed by atoms with Crippen molar-refractivity contribution in [3.63, 3.8) is 0 Å². The van der Waals surface area contributed by atoms with E-state index in [2.05, 4.69) is 19.2 Å². The van der Waals surface area contributed by atoms with E-state index in [1.807, 2.05) is 0 Å². The zero-order chi connectivity index (χ0) is 50.7. The quantitative estimate of drug-likeness (QED) is 0.0417. The van der Waals surface area contributed by atoms with Gasteiger partial charge < -0.3 is 20.3 Å². The van der Waals surface area contributed by atoms with E-state index < -0.39 is 12.1 Å². The molecule has 0 aliphatic carbocycles. The Morgan fingerprint density at radius 3 is 0.871 bits per heavy atom. The van der Waals surface area contributed by atoms with E-state index in [1.54, 1.807) is 0 Å². The second-order valence-electron chi connectivity index (χ2n) is 22.5. The molecule has 0 aromatic heterocycles. The molecule has 6 nitrogen and oxygen atoms in total. The second-order valence-corrected chi connectivity index (χ2v) is 22.5. The number of hydrogen-bond donors (Lipinski definition) is 3. The van der Waals surface area contributed by atoms with Crippen molar-refractivity contribution in [1.29, 1.82) is 0 Å². The average Bonchev–Trinajstić information content (AvgIpc) is 3.36. The molecule has 0 fully saturated rings. The molecule has 0 heterocycles.